The fourth-order valence-corrected chi connectivity index (χ4v) is 0.936. The van der Waals surface area contributed by atoms with Crippen LogP contribution in [0.1, 0.15) is 12.1 Å². The Morgan fingerprint density at radius 1 is 1.42 bits per heavy atom. The molecule has 0 bridgehead atoms. The van der Waals surface area contributed by atoms with E-state index in [4.69, 9.17) is 23.1 Å². The quantitative estimate of drug-likeness (QED) is 0.715. The van der Waals surface area contributed by atoms with Gasteiger partial charge in [0.05, 0.1) is 10.7 Å². The number of anilines is 2. The smallest absolute Gasteiger partial charge is 0.282 e. The predicted molar refractivity (Wildman–Crippen MR) is 43.0 cm³/mol. The number of pyridine rings is 1. The fraction of sp³-hybridized carbons (Fsp3) is 0.167. The van der Waals surface area contributed by atoms with Crippen molar-refractivity contribution in [2.75, 3.05) is 11.5 Å². The number of alkyl halides is 2. The molecular formula is C6H6ClF2N3. The molecule has 4 N–H and O–H groups in total. The van der Waals surface area contributed by atoms with Crippen molar-refractivity contribution in [1.29, 1.82) is 0 Å². The van der Waals surface area contributed by atoms with E-state index in [1.54, 1.807) is 0 Å². The van der Waals surface area contributed by atoms with Gasteiger partial charge in [0.1, 0.15) is 11.5 Å². The molecule has 0 aliphatic heterocycles. The lowest BCUT2D eigenvalue weighted by molar-refractivity contribution is 0.147. The number of halogens is 3. The van der Waals surface area contributed by atoms with Crippen molar-refractivity contribution in [3.05, 3.63) is 16.8 Å². The maximum Gasteiger partial charge on any atom is 0.282 e. The molecule has 0 saturated carbocycles. The first kappa shape index (κ1) is 8.99. The zero-order chi connectivity index (χ0) is 9.30. The van der Waals surface area contributed by atoms with Gasteiger partial charge in [-0.05, 0) is 0 Å². The summed E-state index contributed by atoms with van der Waals surface area (Å²) in [7, 11) is 0. The van der Waals surface area contributed by atoms with Crippen LogP contribution < -0.4 is 11.5 Å². The van der Waals surface area contributed by atoms with Gasteiger partial charge in [-0.15, -0.1) is 0 Å². The molecule has 0 aromatic carbocycles. The third kappa shape index (κ3) is 1.55. The summed E-state index contributed by atoms with van der Waals surface area (Å²) in [5.41, 5.74) is 9.61. The van der Waals surface area contributed by atoms with Crippen LogP contribution in [0.25, 0.3) is 0 Å². The average Bonchev–Trinajstić information content (AvgIpc) is 1.96. The molecule has 0 spiro atoms. The van der Waals surface area contributed by atoms with E-state index >= 15 is 0 Å². The Labute approximate surface area is 72.3 Å². The molecule has 1 aromatic heterocycles. The minimum atomic E-state index is -2.76. The first-order valence-corrected chi connectivity index (χ1v) is 3.39. The van der Waals surface area contributed by atoms with Crippen molar-refractivity contribution in [1.82, 2.24) is 4.98 Å². The molecule has 0 aliphatic rings. The largest absolute Gasteiger partial charge is 0.396 e. The van der Waals surface area contributed by atoms with Gasteiger partial charge in [-0.2, -0.15) is 0 Å². The summed E-state index contributed by atoms with van der Waals surface area (Å²) in [5, 5.41) is -0.00204. The molecule has 3 nitrogen and oxygen atoms in total. The summed E-state index contributed by atoms with van der Waals surface area (Å²) in [4.78, 5) is 3.35. The molecule has 1 heterocycles. The zero-order valence-electron chi connectivity index (χ0n) is 5.89. The van der Waals surface area contributed by atoms with Gasteiger partial charge in [0, 0.05) is 6.07 Å². The van der Waals surface area contributed by atoms with Crippen LogP contribution in [0.3, 0.4) is 0 Å². The zero-order valence-corrected chi connectivity index (χ0v) is 6.65. The van der Waals surface area contributed by atoms with E-state index in [1.165, 1.54) is 6.07 Å². The summed E-state index contributed by atoms with van der Waals surface area (Å²) < 4.78 is 24.3. The van der Waals surface area contributed by atoms with Gasteiger partial charge in [-0.3, -0.25) is 0 Å². The van der Waals surface area contributed by atoms with Gasteiger partial charge < -0.3 is 11.5 Å². The van der Waals surface area contributed by atoms with Crippen molar-refractivity contribution in [3.63, 3.8) is 0 Å². The number of nitrogens with two attached hydrogens (primary N) is 2. The van der Waals surface area contributed by atoms with Gasteiger partial charge in [0.25, 0.3) is 6.43 Å². The maximum absolute atomic E-state index is 12.1. The molecular weight excluding hydrogens is 188 g/mol. The monoisotopic (exact) mass is 193 g/mol. The van der Waals surface area contributed by atoms with E-state index in [0.29, 0.717) is 0 Å². The van der Waals surface area contributed by atoms with Crippen LogP contribution in [0.5, 0.6) is 0 Å². The van der Waals surface area contributed by atoms with E-state index in [-0.39, 0.29) is 16.5 Å². The minimum absolute atomic E-state index is 0.00204. The highest BCUT2D eigenvalue weighted by Gasteiger charge is 2.16. The Bertz CT molecular complexity index is 303. The number of rotatable bonds is 1. The molecule has 1 aromatic rings. The molecule has 0 amide bonds. The third-order valence-corrected chi connectivity index (χ3v) is 1.58. The molecule has 0 unspecified atom stereocenters. The Morgan fingerprint density at radius 3 is 2.50 bits per heavy atom. The number of hydrogen-bond acceptors (Lipinski definition) is 3. The highest BCUT2D eigenvalue weighted by Crippen LogP contribution is 2.29. The number of aromatic nitrogens is 1. The molecule has 12 heavy (non-hydrogen) atoms. The molecule has 6 heteroatoms. The summed E-state index contributed by atoms with van der Waals surface area (Å²) >= 11 is 5.48. The number of nitrogens with zero attached hydrogens (tertiary/aromatic N) is 1. The van der Waals surface area contributed by atoms with Crippen LogP contribution in [0.4, 0.5) is 20.3 Å². The van der Waals surface area contributed by atoms with Crippen molar-refractivity contribution < 1.29 is 8.78 Å². The SMILES string of the molecule is Nc1cc(Cl)c(N)c(C(F)F)n1. The van der Waals surface area contributed by atoms with Crippen molar-refractivity contribution >= 4 is 23.1 Å². The van der Waals surface area contributed by atoms with Crippen LogP contribution in [-0.4, -0.2) is 4.98 Å². The van der Waals surface area contributed by atoms with Gasteiger partial charge in [-0.25, -0.2) is 13.8 Å². The lowest BCUT2D eigenvalue weighted by atomic mass is 10.3. The maximum atomic E-state index is 12.1. The Morgan fingerprint density at radius 2 is 2.00 bits per heavy atom. The molecule has 0 radical (unpaired) electrons. The molecule has 1 rings (SSSR count). The fourth-order valence-electron chi connectivity index (χ4n) is 0.728. The molecule has 0 fully saturated rings. The second-order valence-corrected chi connectivity index (χ2v) is 2.54. The van der Waals surface area contributed by atoms with Crippen molar-refractivity contribution in [2.45, 2.75) is 6.43 Å². The standard InChI is InChI=1S/C6H6ClF2N3/c7-2-1-3(10)12-5(4(2)11)6(8)9/h1,6H,11H2,(H2,10,12). The van der Waals surface area contributed by atoms with E-state index in [0.717, 1.165) is 0 Å². The first-order valence-electron chi connectivity index (χ1n) is 3.02. The normalized spacial score (nSPS) is 10.7. The number of hydrogen-bond donors (Lipinski definition) is 2. The first-order chi connectivity index (χ1) is 5.52. The molecule has 0 saturated heterocycles. The van der Waals surface area contributed by atoms with Gasteiger partial charge in [0.15, 0.2) is 0 Å². The van der Waals surface area contributed by atoms with E-state index in [9.17, 15) is 8.78 Å². The third-order valence-electron chi connectivity index (χ3n) is 1.26. The van der Waals surface area contributed by atoms with E-state index in [1.807, 2.05) is 0 Å². The average molecular weight is 194 g/mol. The van der Waals surface area contributed by atoms with Crippen molar-refractivity contribution in [3.8, 4) is 0 Å². The second-order valence-electron chi connectivity index (χ2n) is 2.13. The van der Waals surface area contributed by atoms with Gasteiger partial charge in [0.2, 0.25) is 0 Å². The minimum Gasteiger partial charge on any atom is -0.396 e. The highest BCUT2D eigenvalue weighted by molar-refractivity contribution is 6.33. The lowest BCUT2D eigenvalue weighted by Gasteiger charge is -2.05. The van der Waals surface area contributed by atoms with E-state index in [2.05, 4.69) is 4.98 Å². The highest BCUT2D eigenvalue weighted by atomic mass is 35.5. The second kappa shape index (κ2) is 3.10. The van der Waals surface area contributed by atoms with Crippen LogP contribution in [0.2, 0.25) is 5.02 Å². The topological polar surface area (TPSA) is 64.9 Å². The summed E-state index contributed by atoms with van der Waals surface area (Å²) in [6.45, 7) is 0. The Kier molecular flexibility index (Phi) is 2.32. The summed E-state index contributed by atoms with van der Waals surface area (Å²) in [6.07, 6.45) is -2.76. The molecule has 0 atom stereocenters. The van der Waals surface area contributed by atoms with Crippen LogP contribution >= 0.6 is 11.6 Å². The summed E-state index contributed by atoms with van der Waals surface area (Å²) in [6, 6.07) is 1.22. The van der Waals surface area contributed by atoms with Gasteiger partial charge >= 0.3 is 0 Å². The van der Waals surface area contributed by atoms with Gasteiger partial charge in [-0.1, -0.05) is 11.6 Å². The van der Waals surface area contributed by atoms with Crippen LogP contribution in [0.15, 0.2) is 6.07 Å². The summed E-state index contributed by atoms with van der Waals surface area (Å²) in [5.74, 6) is -0.0653. The predicted octanol–water partition coefficient (Wildman–Crippen LogP) is 1.84. The van der Waals surface area contributed by atoms with Crippen LogP contribution in [0, 0.1) is 0 Å². The number of nitrogen functional groups attached to an aromatic ring is 2. The molecule has 66 valence electrons. The molecule has 0 aliphatic carbocycles. The van der Waals surface area contributed by atoms with Crippen molar-refractivity contribution in [2.24, 2.45) is 0 Å². The Balaban J connectivity index is 3.28. The van der Waals surface area contributed by atoms with E-state index < -0.39 is 12.1 Å². The van der Waals surface area contributed by atoms with Crippen LogP contribution in [-0.2, 0) is 0 Å². The Hall–Kier alpha value is -1.10. The lowest BCUT2D eigenvalue weighted by Crippen LogP contribution is -2.02.